The number of nitrogens with zero attached hydrogens (tertiary/aromatic N) is 8. The molecule has 0 rings (SSSR count). The number of likely N-dealkylation sites (N-methyl/N-ethyl adjacent to an activating group) is 8. The Hall–Kier alpha value is -6.09. The van der Waals surface area contributed by atoms with Crippen LogP contribution in [0.3, 0.4) is 0 Å². The summed E-state index contributed by atoms with van der Waals surface area (Å²) in [4.78, 5) is 164. The zero-order valence-corrected chi connectivity index (χ0v) is 58.9. The molecule has 0 aromatic carbocycles. The van der Waals surface area contributed by atoms with E-state index in [1.54, 1.807) is 33.8 Å². The molecule has 0 heterocycles. The Morgan fingerprint density at radius 2 is 0.730 bits per heavy atom. The summed E-state index contributed by atoms with van der Waals surface area (Å²) in [6, 6.07) is -10.2. The van der Waals surface area contributed by atoms with E-state index in [1.165, 1.54) is 119 Å². The van der Waals surface area contributed by atoms with Gasteiger partial charge in [0.2, 0.25) is 53.2 Å². The molecule has 0 aliphatic heterocycles. The second-order valence-corrected chi connectivity index (χ2v) is 27.5. The van der Waals surface area contributed by atoms with Gasteiger partial charge in [0.25, 0.3) is 0 Å². The fourth-order valence-corrected chi connectivity index (χ4v) is 11.5. The smallest absolute Gasteiger partial charge is 0.326 e. The molecule has 4 N–H and O–H groups in total. The molecule has 0 radical (unpaired) electrons. The van der Waals surface area contributed by atoms with E-state index in [2.05, 4.69) is 13.8 Å². The second kappa shape index (κ2) is 40.6. The number of carbonyl (C=O) groups excluding carboxylic acids is 9. The lowest BCUT2D eigenvalue weighted by Crippen LogP contribution is -2.62. The summed E-state index contributed by atoms with van der Waals surface area (Å²) in [5.74, 6) is -9.64. The highest BCUT2D eigenvalue weighted by Gasteiger charge is 2.46. The van der Waals surface area contributed by atoms with Crippen molar-refractivity contribution < 1.29 is 63.0 Å². The number of carboxylic acid groups (broad SMARTS) is 2. The molecule has 0 bridgehead atoms. The number of unbranched alkanes of at least 4 members (excludes halogenated alkanes) is 7. The predicted octanol–water partition coefficient (Wildman–Crippen LogP) is 8.04. The maximum atomic E-state index is 15.2. The molecular weight excluding hydrogens is 1140 g/mol. The van der Waals surface area contributed by atoms with Gasteiger partial charge in [0.15, 0.2) is 0 Å². The minimum absolute atomic E-state index is 0.0842. The molecular formula is C67H121N9O13. The third-order valence-electron chi connectivity index (χ3n) is 17.2. The van der Waals surface area contributed by atoms with Crippen molar-refractivity contribution in [1.82, 2.24) is 39.2 Å². The van der Waals surface area contributed by atoms with Crippen LogP contribution in [0.15, 0.2) is 12.2 Å². The highest BCUT2D eigenvalue weighted by Crippen LogP contribution is 2.27. The summed E-state index contributed by atoms with van der Waals surface area (Å²) in [6.45, 7) is 26.2. The maximum Gasteiger partial charge on any atom is 0.326 e. The van der Waals surface area contributed by atoms with Crippen LogP contribution >= 0.6 is 0 Å². The maximum absolute atomic E-state index is 15.2. The molecule has 9 amide bonds. The summed E-state index contributed by atoms with van der Waals surface area (Å²) >= 11 is 0. The number of amides is 9. The van der Waals surface area contributed by atoms with E-state index in [0.717, 1.165) is 34.0 Å². The van der Waals surface area contributed by atoms with Crippen LogP contribution in [-0.2, 0) is 52.7 Å². The molecule has 22 heteroatoms. The van der Waals surface area contributed by atoms with Gasteiger partial charge in [0.1, 0.15) is 48.3 Å². The molecule has 0 aliphatic carbocycles. The number of nitrogens with two attached hydrogens (primary N) is 1. The van der Waals surface area contributed by atoms with Gasteiger partial charge in [-0.05, 0) is 92.4 Å². The van der Waals surface area contributed by atoms with Gasteiger partial charge < -0.3 is 55.1 Å². The van der Waals surface area contributed by atoms with Crippen LogP contribution in [0.2, 0.25) is 0 Å². The van der Waals surface area contributed by atoms with Gasteiger partial charge in [-0.2, -0.15) is 0 Å². The number of carboxylic acids is 2. The van der Waals surface area contributed by atoms with Crippen LogP contribution in [0.25, 0.3) is 0 Å². The van der Waals surface area contributed by atoms with Crippen LogP contribution in [0.5, 0.6) is 0 Å². The van der Waals surface area contributed by atoms with Crippen LogP contribution < -0.4 is 5.73 Å². The first-order chi connectivity index (χ1) is 41.2. The normalized spacial score (nSPS) is 14.8. The average Bonchev–Trinajstić information content (AvgIpc) is 2.37. The average molecular weight is 1260 g/mol. The zero-order chi connectivity index (χ0) is 69.1. The van der Waals surface area contributed by atoms with Gasteiger partial charge in [-0.3, -0.25) is 47.9 Å². The van der Waals surface area contributed by atoms with Crippen molar-refractivity contribution in [1.29, 1.82) is 0 Å². The first-order valence-electron chi connectivity index (χ1n) is 32.7. The second-order valence-electron chi connectivity index (χ2n) is 27.5. The number of rotatable bonds is 43. The van der Waals surface area contributed by atoms with Gasteiger partial charge in [-0.15, -0.1) is 0 Å². The highest BCUT2D eigenvalue weighted by atomic mass is 16.4. The number of carbonyl (C=O) groups is 11. The Bertz CT molecular complexity index is 2320. The minimum Gasteiger partial charge on any atom is -0.481 e. The fraction of sp³-hybridized carbons (Fsp3) is 0.806. The summed E-state index contributed by atoms with van der Waals surface area (Å²) < 4.78 is 0. The molecule has 89 heavy (non-hydrogen) atoms. The first kappa shape index (κ1) is 82.9. The van der Waals surface area contributed by atoms with Gasteiger partial charge >= 0.3 is 11.9 Å². The van der Waals surface area contributed by atoms with Crippen LogP contribution in [0, 0.1) is 41.4 Å². The van der Waals surface area contributed by atoms with E-state index >= 15 is 14.4 Å². The first-order valence-corrected chi connectivity index (χ1v) is 32.7. The molecule has 0 unspecified atom stereocenters. The lowest BCUT2D eigenvalue weighted by atomic mass is 9.94. The molecule has 0 saturated carbocycles. The van der Waals surface area contributed by atoms with Crippen molar-refractivity contribution in [2.24, 2.45) is 47.2 Å². The Morgan fingerprint density at radius 3 is 1.07 bits per heavy atom. The van der Waals surface area contributed by atoms with Gasteiger partial charge in [-0.1, -0.05) is 154 Å². The van der Waals surface area contributed by atoms with Crippen molar-refractivity contribution in [3.05, 3.63) is 12.2 Å². The molecule has 22 nitrogen and oxygen atoms in total. The summed E-state index contributed by atoms with van der Waals surface area (Å²) in [7, 11) is 11.2. The van der Waals surface area contributed by atoms with E-state index in [1.807, 2.05) is 55.4 Å². The monoisotopic (exact) mass is 1260 g/mol. The van der Waals surface area contributed by atoms with Gasteiger partial charge in [0, 0.05) is 62.8 Å². The molecule has 0 aromatic heterocycles. The zero-order valence-electron chi connectivity index (χ0n) is 58.9. The molecule has 0 saturated heterocycles. The lowest BCUT2D eigenvalue weighted by Gasteiger charge is -2.42. The Labute approximate surface area is 535 Å². The van der Waals surface area contributed by atoms with Crippen molar-refractivity contribution in [3.8, 4) is 0 Å². The van der Waals surface area contributed by atoms with Gasteiger partial charge in [-0.25, -0.2) is 4.79 Å². The summed E-state index contributed by atoms with van der Waals surface area (Å²) in [5, 5.41) is 20.4. The summed E-state index contributed by atoms with van der Waals surface area (Å²) in [6.07, 6.45) is 12.8. The number of hydrogen-bond acceptors (Lipinski definition) is 11. The fourth-order valence-electron chi connectivity index (χ4n) is 11.5. The summed E-state index contributed by atoms with van der Waals surface area (Å²) in [5.41, 5.74) is 5.58. The Balaban J connectivity index is 7.22. The molecule has 0 aromatic rings. The Kier molecular flexibility index (Phi) is 37.8. The standard InChI is InChI=1S/C67H121N9O13/c1-23-48(14)59(67(88)89)76(22)65(86)53(40-46(10)11)73(19)63(84)54(41-57(79)80)74(20)66(87)58(47(12)13)75(21)64(85)52(39-45(8)9)72(18)62(83)51(38-44(6)7)71(17)61(82)50(37-43(4)5)70(16)60(81)49(35-36-55(68)77)69(15)56(78)34-32-30-28-26-24-25-27-29-31-33-42(2)3/h32,34,42-54,58-59H,23-31,33,35-41H2,1-22H3,(H2,68,77)(H,79,80)(H,88,89)/b34-32+/t48-,49-,50-,51-,52+,53+,54-,58-,59-/m0/s1. The van der Waals surface area contributed by atoms with E-state index in [0.29, 0.717) is 18.8 Å². The third kappa shape index (κ3) is 27.1. The van der Waals surface area contributed by atoms with E-state index < -0.39 is 132 Å². The minimum atomic E-state index is -1.68. The SMILES string of the molecule is CC[C@H](C)[C@@H](C(=O)O)N(C)C(=O)[C@@H](CC(C)C)N(C)C(=O)[C@H](CC(=O)O)N(C)C(=O)[C@H](C(C)C)N(C)C(=O)[C@@H](CC(C)C)N(C)C(=O)[C@H](CC(C)C)N(C)C(=O)[C@H](CC(C)C)N(C)C(=O)[C@H](CCC(N)=O)N(C)C(=O)/C=C/CCCCCCCCCC(C)C. The van der Waals surface area contributed by atoms with Crippen molar-refractivity contribution in [2.45, 2.75) is 254 Å². The topological polar surface area (TPSA) is 280 Å². The molecule has 0 aliphatic rings. The third-order valence-corrected chi connectivity index (χ3v) is 17.2. The van der Waals surface area contributed by atoms with Crippen LogP contribution in [0.1, 0.15) is 206 Å². The van der Waals surface area contributed by atoms with Crippen molar-refractivity contribution >= 4 is 65.1 Å². The van der Waals surface area contributed by atoms with Crippen molar-refractivity contribution in [3.63, 3.8) is 0 Å². The number of primary amides is 1. The number of aliphatic carboxylic acids is 2. The van der Waals surface area contributed by atoms with E-state index in [9.17, 15) is 48.6 Å². The lowest BCUT2D eigenvalue weighted by molar-refractivity contribution is -0.160. The Morgan fingerprint density at radius 1 is 0.393 bits per heavy atom. The number of hydrogen-bond donors (Lipinski definition) is 3. The van der Waals surface area contributed by atoms with Crippen molar-refractivity contribution in [2.75, 3.05) is 56.4 Å². The predicted molar refractivity (Wildman–Crippen MR) is 348 cm³/mol. The van der Waals surface area contributed by atoms with E-state index in [4.69, 9.17) is 5.73 Å². The van der Waals surface area contributed by atoms with Gasteiger partial charge in [0.05, 0.1) is 6.42 Å². The van der Waals surface area contributed by atoms with Crippen LogP contribution in [-0.4, -0.2) is 219 Å². The molecule has 512 valence electrons. The number of allylic oxidation sites excluding steroid dienone is 1. The van der Waals surface area contributed by atoms with Crippen LogP contribution in [0.4, 0.5) is 0 Å². The largest absolute Gasteiger partial charge is 0.481 e. The van der Waals surface area contributed by atoms with E-state index in [-0.39, 0.29) is 62.2 Å². The molecule has 0 fully saturated rings. The quantitative estimate of drug-likeness (QED) is 0.0385. The molecule has 0 spiro atoms. The molecule has 9 atom stereocenters. The highest BCUT2D eigenvalue weighted by molar-refractivity contribution is 5.99.